The predicted octanol–water partition coefficient (Wildman–Crippen LogP) is 3.69. The maximum Gasteiger partial charge on any atom is 0.0580 e. The average Bonchev–Trinajstić information content (AvgIpc) is 2.55. The van der Waals surface area contributed by atoms with Crippen LogP contribution in [0.2, 0.25) is 0 Å². The van der Waals surface area contributed by atoms with Crippen LogP contribution in [0.1, 0.15) is 65.7 Å². The first-order chi connectivity index (χ1) is 8.97. The van der Waals surface area contributed by atoms with Crippen molar-refractivity contribution in [1.29, 1.82) is 0 Å². The van der Waals surface area contributed by atoms with Gasteiger partial charge < -0.3 is 10.0 Å². The summed E-state index contributed by atoms with van der Waals surface area (Å²) in [6.45, 7) is 10.8. The fraction of sp³-hybridized carbons (Fsp3) is 1.00. The first-order valence-corrected chi connectivity index (χ1v) is 8.37. The van der Waals surface area contributed by atoms with E-state index in [1.807, 2.05) is 0 Å². The third-order valence-electron chi connectivity index (χ3n) is 5.42. The van der Waals surface area contributed by atoms with Gasteiger partial charge >= 0.3 is 0 Å². The summed E-state index contributed by atoms with van der Waals surface area (Å²) in [5.74, 6) is 1.41. The minimum atomic E-state index is -0.0390. The molecule has 0 bridgehead atoms. The number of aliphatic hydroxyl groups excluding tert-OH is 1. The molecule has 1 N–H and O–H groups in total. The summed E-state index contributed by atoms with van der Waals surface area (Å²) in [5, 5.41) is 10.2. The Kier molecular flexibility index (Phi) is 5.30. The molecule has 19 heavy (non-hydrogen) atoms. The largest absolute Gasteiger partial charge is 0.393 e. The molecule has 0 aromatic rings. The molecule has 1 aliphatic carbocycles. The zero-order chi connectivity index (χ0) is 13.9. The van der Waals surface area contributed by atoms with Crippen molar-refractivity contribution in [3.05, 3.63) is 0 Å². The van der Waals surface area contributed by atoms with Crippen LogP contribution in [-0.2, 0) is 0 Å². The number of rotatable bonds is 2. The van der Waals surface area contributed by atoms with Crippen LogP contribution in [0.5, 0.6) is 0 Å². The van der Waals surface area contributed by atoms with Crippen LogP contribution in [0, 0.1) is 17.3 Å². The second-order valence-electron chi connectivity index (χ2n) is 7.91. The van der Waals surface area contributed by atoms with Crippen LogP contribution in [-0.4, -0.2) is 35.7 Å². The monoisotopic (exact) mass is 267 g/mol. The Hall–Kier alpha value is -0.0800. The smallest absolute Gasteiger partial charge is 0.0580 e. The molecule has 2 unspecified atom stereocenters. The molecule has 0 spiro atoms. The first-order valence-electron chi connectivity index (χ1n) is 8.37. The van der Waals surface area contributed by atoms with Crippen LogP contribution in [0.25, 0.3) is 0 Å². The quantitative estimate of drug-likeness (QED) is 0.771. The van der Waals surface area contributed by atoms with Gasteiger partial charge in [0.25, 0.3) is 0 Å². The molecule has 2 atom stereocenters. The molecule has 0 radical (unpaired) electrons. The summed E-state index contributed by atoms with van der Waals surface area (Å²) >= 11 is 0. The van der Waals surface area contributed by atoms with Crippen molar-refractivity contribution in [3.63, 3.8) is 0 Å². The lowest BCUT2D eigenvalue weighted by Crippen LogP contribution is -2.42. The molecule has 1 saturated carbocycles. The Balaban J connectivity index is 1.78. The maximum atomic E-state index is 10.2. The molecule has 112 valence electrons. The summed E-state index contributed by atoms with van der Waals surface area (Å²) in [6.07, 6.45) is 8.77. The second kappa shape index (κ2) is 6.58. The normalized spacial score (nSPS) is 32.2. The fourth-order valence-electron chi connectivity index (χ4n) is 3.89. The lowest BCUT2D eigenvalue weighted by molar-refractivity contribution is 0.0498. The molecule has 2 heteroatoms. The first kappa shape index (κ1) is 15.3. The Morgan fingerprint density at radius 2 is 1.58 bits per heavy atom. The lowest BCUT2D eigenvalue weighted by Gasteiger charge is -2.40. The molecule has 0 aromatic carbocycles. The van der Waals surface area contributed by atoms with Crippen LogP contribution in [0.15, 0.2) is 0 Å². The number of hydrogen-bond acceptors (Lipinski definition) is 2. The van der Waals surface area contributed by atoms with E-state index in [2.05, 4.69) is 25.7 Å². The predicted molar refractivity (Wildman–Crippen MR) is 81.2 cm³/mol. The minimum absolute atomic E-state index is 0.0390. The van der Waals surface area contributed by atoms with Gasteiger partial charge in [0, 0.05) is 6.54 Å². The highest BCUT2D eigenvalue weighted by molar-refractivity contribution is 4.83. The van der Waals surface area contributed by atoms with Gasteiger partial charge in [-0.3, -0.25) is 0 Å². The summed E-state index contributed by atoms with van der Waals surface area (Å²) in [6, 6.07) is 0. The lowest BCUT2D eigenvalue weighted by atomic mass is 9.75. The van der Waals surface area contributed by atoms with E-state index >= 15 is 0 Å². The fourth-order valence-corrected chi connectivity index (χ4v) is 3.89. The van der Waals surface area contributed by atoms with Gasteiger partial charge in [-0.2, -0.15) is 0 Å². The third kappa shape index (κ3) is 4.46. The summed E-state index contributed by atoms with van der Waals surface area (Å²) in [5.41, 5.74) is 0.466. The van der Waals surface area contributed by atoms with Crippen molar-refractivity contribution in [3.8, 4) is 0 Å². The van der Waals surface area contributed by atoms with E-state index in [0.29, 0.717) is 11.3 Å². The highest BCUT2D eigenvalue weighted by Gasteiger charge is 2.30. The topological polar surface area (TPSA) is 23.5 Å². The van der Waals surface area contributed by atoms with E-state index < -0.39 is 0 Å². The van der Waals surface area contributed by atoms with Gasteiger partial charge in [0.15, 0.2) is 0 Å². The third-order valence-corrected chi connectivity index (χ3v) is 5.42. The molecule has 2 nitrogen and oxygen atoms in total. The zero-order valence-corrected chi connectivity index (χ0v) is 13.2. The van der Waals surface area contributed by atoms with E-state index in [1.165, 1.54) is 51.6 Å². The van der Waals surface area contributed by atoms with Crippen LogP contribution in [0.4, 0.5) is 0 Å². The number of nitrogens with zero attached hydrogens (tertiary/aromatic N) is 1. The molecular weight excluding hydrogens is 234 g/mol. The Labute approximate surface area is 119 Å². The second-order valence-corrected chi connectivity index (χ2v) is 7.91. The SMILES string of the molecule is CC(C)(C)C1CCN(CC2CCCCCC2O)CC1. The summed E-state index contributed by atoms with van der Waals surface area (Å²) in [7, 11) is 0. The van der Waals surface area contributed by atoms with Crippen molar-refractivity contribution in [2.45, 2.75) is 71.8 Å². The highest BCUT2D eigenvalue weighted by Crippen LogP contribution is 2.35. The molecule has 2 rings (SSSR count). The zero-order valence-electron chi connectivity index (χ0n) is 13.2. The van der Waals surface area contributed by atoms with E-state index in [1.54, 1.807) is 0 Å². The maximum absolute atomic E-state index is 10.2. The standard InChI is InChI=1S/C17H33NO/c1-17(2,3)15-9-11-18(12-10-15)13-14-7-5-4-6-8-16(14)19/h14-16,19H,4-13H2,1-3H3. The van der Waals surface area contributed by atoms with Gasteiger partial charge in [0.05, 0.1) is 6.10 Å². The number of likely N-dealkylation sites (tertiary alicyclic amines) is 1. The summed E-state index contributed by atoms with van der Waals surface area (Å²) < 4.78 is 0. The highest BCUT2D eigenvalue weighted by atomic mass is 16.3. The average molecular weight is 267 g/mol. The Morgan fingerprint density at radius 3 is 2.21 bits per heavy atom. The Morgan fingerprint density at radius 1 is 0.947 bits per heavy atom. The van der Waals surface area contributed by atoms with E-state index in [4.69, 9.17) is 0 Å². The van der Waals surface area contributed by atoms with Crippen LogP contribution in [0.3, 0.4) is 0 Å². The van der Waals surface area contributed by atoms with Gasteiger partial charge in [-0.1, -0.05) is 40.0 Å². The van der Waals surface area contributed by atoms with E-state index in [-0.39, 0.29) is 6.10 Å². The van der Waals surface area contributed by atoms with Crippen molar-refractivity contribution >= 4 is 0 Å². The van der Waals surface area contributed by atoms with Crippen molar-refractivity contribution < 1.29 is 5.11 Å². The number of hydrogen-bond donors (Lipinski definition) is 1. The summed E-state index contributed by atoms with van der Waals surface area (Å²) in [4.78, 5) is 2.61. The Bertz CT molecular complexity index is 263. The molecule has 0 aromatic heterocycles. The molecule has 1 heterocycles. The number of aliphatic hydroxyl groups is 1. The van der Waals surface area contributed by atoms with Gasteiger partial charge in [-0.25, -0.2) is 0 Å². The van der Waals surface area contributed by atoms with Crippen molar-refractivity contribution in [2.75, 3.05) is 19.6 Å². The van der Waals surface area contributed by atoms with Gasteiger partial charge in [-0.15, -0.1) is 0 Å². The molecule has 2 aliphatic rings. The molecular formula is C17H33NO. The van der Waals surface area contributed by atoms with Crippen LogP contribution >= 0.6 is 0 Å². The van der Waals surface area contributed by atoms with Crippen LogP contribution < -0.4 is 0 Å². The minimum Gasteiger partial charge on any atom is -0.393 e. The van der Waals surface area contributed by atoms with E-state index in [0.717, 1.165) is 18.9 Å². The van der Waals surface area contributed by atoms with Gasteiger partial charge in [0.1, 0.15) is 0 Å². The molecule has 1 aliphatic heterocycles. The van der Waals surface area contributed by atoms with Gasteiger partial charge in [-0.05, 0) is 56.0 Å². The molecule has 1 saturated heterocycles. The van der Waals surface area contributed by atoms with Crippen molar-refractivity contribution in [1.82, 2.24) is 4.90 Å². The van der Waals surface area contributed by atoms with E-state index in [9.17, 15) is 5.11 Å². The number of piperidine rings is 1. The molecule has 0 amide bonds. The van der Waals surface area contributed by atoms with Crippen molar-refractivity contribution in [2.24, 2.45) is 17.3 Å². The molecule has 2 fully saturated rings. The van der Waals surface area contributed by atoms with Gasteiger partial charge in [0.2, 0.25) is 0 Å².